The lowest BCUT2D eigenvalue weighted by Crippen LogP contribution is -2.56. The van der Waals surface area contributed by atoms with Gasteiger partial charge in [-0.3, -0.25) is 4.79 Å². The lowest BCUT2D eigenvalue weighted by Gasteiger charge is -2.61. The second-order valence-corrected chi connectivity index (χ2v) is 9.88. The maximum Gasteiger partial charge on any atom is 0.162 e. The summed E-state index contributed by atoms with van der Waals surface area (Å²) in [5, 5.41) is 20.5. The van der Waals surface area contributed by atoms with Gasteiger partial charge in [0.2, 0.25) is 0 Å². The summed E-state index contributed by atoms with van der Waals surface area (Å²) in [6.07, 6.45) is 9.11. The molecule has 0 bridgehead atoms. The average molecular weight is 332 g/mol. The molecule has 0 spiro atoms. The summed E-state index contributed by atoms with van der Waals surface area (Å²) in [5.74, 6) is 2.55. The molecule has 2 N–H and O–H groups in total. The highest BCUT2D eigenvalue weighted by Gasteiger charge is 2.63. The van der Waals surface area contributed by atoms with Gasteiger partial charge in [-0.1, -0.05) is 13.8 Å². The maximum atomic E-state index is 12.2. The molecule has 7 atom stereocenters. The second-order valence-electron chi connectivity index (χ2n) is 9.88. The first kappa shape index (κ1) is 16.6. The van der Waals surface area contributed by atoms with Gasteiger partial charge in [0.25, 0.3) is 0 Å². The Morgan fingerprint density at radius 1 is 1.04 bits per heavy atom. The van der Waals surface area contributed by atoms with Crippen LogP contribution in [0.1, 0.15) is 72.1 Å². The van der Waals surface area contributed by atoms with Gasteiger partial charge >= 0.3 is 0 Å². The van der Waals surface area contributed by atoms with Gasteiger partial charge in [-0.05, 0) is 86.4 Å². The van der Waals surface area contributed by atoms with Crippen molar-refractivity contribution in [1.29, 1.82) is 0 Å². The smallest absolute Gasteiger partial charge is 0.162 e. The highest BCUT2D eigenvalue weighted by atomic mass is 16.3. The first-order valence-corrected chi connectivity index (χ1v) is 9.82. The number of ketones is 1. The zero-order valence-corrected chi connectivity index (χ0v) is 15.3. The highest BCUT2D eigenvalue weighted by Crippen LogP contribution is 2.68. The molecule has 3 nitrogen and oxygen atoms in total. The Labute approximate surface area is 145 Å². The van der Waals surface area contributed by atoms with Crippen LogP contribution in [0.4, 0.5) is 0 Å². The number of fused-ring (bicyclic) bond motifs is 5. The Balaban J connectivity index is 1.67. The summed E-state index contributed by atoms with van der Waals surface area (Å²) in [4.78, 5) is 12.2. The monoisotopic (exact) mass is 332 g/mol. The molecule has 4 saturated carbocycles. The van der Waals surface area contributed by atoms with E-state index in [4.69, 9.17) is 0 Å². The fraction of sp³-hybridized carbons (Fsp3) is 0.857. The Bertz CT molecular complexity index is 592. The third-order valence-electron chi connectivity index (χ3n) is 9.14. The fourth-order valence-corrected chi connectivity index (χ4v) is 7.37. The minimum atomic E-state index is -0.529. The van der Waals surface area contributed by atoms with Crippen molar-refractivity contribution in [3.05, 3.63) is 11.8 Å². The number of allylic oxidation sites excluding steroid dienone is 1. The number of aliphatic hydroxyl groups excluding tert-OH is 1. The van der Waals surface area contributed by atoms with Gasteiger partial charge in [-0.2, -0.15) is 0 Å². The van der Waals surface area contributed by atoms with E-state index in [9.17, 15) is 15.0 Å². The number of Topliss-reactive ketones (excluding diaryl/α,β-unsaturated/α-hetero) is 1. The zero-order valence-electron chi connectivity index (χ0n) is 15.3. The molecular formula is C21H32O3. The summed E-state index contributed by atoms with van der Waals surface area (Å²) in [6, 6.07) is 0. The predicted molar refractivity (Wildman–Crippen MR) is 93.5 cm³/mol. The molecule has 0 heterocycles. The summed E-state index contributed by atoms with van der Waals surface area (Å²) in [7, 11) is 0. The van der Waals surface area contributed by atoms with E-state index in [1.165, 1.54) is 6.42 Å². The number of aliphatic hydroxyl groups is 2. The van der Waals surface area contributed by atoms with Gasteiger partial charge in [0.1, 0.15) is 0 Å². The second kappa shape index (κ2) is 5.09. The van der Waals surface area contributed by atoms with Crippen molar-refractivity contribution in [3.63, 3.8) is 0 Å². The molecule has 4 rings (SSSR count). The van der Waals surface area contributed by atoms with E-state index in [2.05, 4.69) is 13.8 Å². The van der Waals surface area contributed by atoms with Crippen LogP contribution in [-0.2, 0) is 4.79 Å². The number of rotatable bonds is 0. The van der Waals surface area contributed by atoms with Gasteiger partial charge in [0.15, 0.2) is 5.78 Å². The molecule has 24 heavy (non-hydrogen) atoms. The third-order valence-corrected chi connectivity index (χ3v) is 9.14. The summed E-state index contributed by atoms with van der Waals surface area (Å²) in [6.45, 7) is 6.74. The molecule has 0 aromatic heterocycles. The van der Waals surface area contributed by atoms with Crippen LogP contribution in [0.3, 0.4) is 0 Å². The maximum absolute atomic E-state index is 12.2. The van der Waals surface area contributed by atoms with Crippen LogP contribution >= 0.6 is 0 Å². The van der Waals surface area contributed by atoms with Crippen molar-refractivity contribution >= 4 is 5.78 Å². The van der Waals surface area contributed by atoms with E-state index in [0.717, 1.165) is 44.8 Å². The quantitative estimate of drug-likeness (QED) is 0.510. The first-order valence-electron chi connectivity index (χ1n) is 9.82. The highest BCUT2D eigenvalue weighted by molar-refractivity contribution is 5.96. The van der Waals surface area contributed by atoms with E-state index in [1.807, 2.05) is 6.92 Å². The molecule has 4 aliphatic rings. The van der Waals surface area contributed by atoms with Crippen LogP contribution in [0.15, 0.2) is 11.8 Å². The van der Waals surface area contributed by atoms with Gasteiger partial charge in [-0.15, -0.1) is 0 Å². The Morgan fingerprint density at radius 3 is 2.46 bits per heavy atom. The molecule has 4 fully saturated rings. The average Bonchev–Trinajstić information content (AvgIpc) is 2.77. The van der Waals surface area contributed by atoms with Crippen molar-refractivity contribution in [2.75, 3.05) is 0 Å². The number of hydrogen-bond donors (Lipinski definition) is 2. The molecule has 3 heteroatoms. The Hall–Kier alpha value is -0.830. The molecule has 0 amide bonds. The predicted octanol–water partition coefficient (Wildman–Crippen LogP) is 4.40. The normalized spacial score (nSPS) is 55.8. The van der Waals surface area contributed by atoms with Gasteiger partial charge < -0.3 is 10.2 Å². The molecular weight excluding hydrogens is 300 g/mol. The zero-order chi connectivity index (χ0) is 17.3. The van der Waals surface area contributed by atoms with Crippen molar-refractivity contribution in [1.82, 2.24) is 0 Å². The molecule has 0 aliphatic heterocycles. The third kappa shape index (κ3) is 1.97. The number of carbonyl (C=O) groups is 1. The van der Waals surface area contributed by atoms with E-state index in [1.54, 1.807) is 0 Å². The molecule has 6 unspecified atom stereocenters. The van der Waals surface area contributed by atoms with E-state index < -0.39 is 5.60 Å². The Morgan fingerprint density at radius 2 is 1.75 bits per heavy atom. The topological polar surface area (TPSA) is 57.5 Å². The standard InChI is InChI=1S/C21H32O3/c1-19-11-13(12-22)18(23)10-14(19)4-5-15-16(19)6-8-20(2)17(15)7-9-21(20,3)24/h12,14-17,22,24H,4-11H2,1-3H3/b13-12-/t14?,15?,16?,17?,19?,20?,21-/m0/s1. The van der Waals surface area contributed by atoms with Crippen LogP contribution in [-0.4, -0.2) is 21.6 Å². The van der Waals surface area contributed by atoms with Crippen LogP contribution in [0.2, 0.25) is 0 Å². The van der Waals surface area contributed by atoms with Crippen molar-refractivity contribution < 1.29 is 15.0 Å². The summed E-state index contributed by atoms with van der Waals surface area (Å²) in [5.41, 5.74) is 0.304. The number of hydrogen-bond acceptors (Lipinski definition) is 3. The minimum absolute atomic E-state index is 0.0531. The van der Waals surface area contributed by atoms with Gasteiger partial charge in [0, 0.05) is 12.0 Å². The minimum Gasteiger partial charge on any atom is -0.515 e. The Kier molecular flexibility index (Phi) is 3.53. The first-order chi connectivity index (χ1) is 11.2. The van der Waals surface area contributed by atoms with Crippen molar-refractivity contribution in [3.8, 4) is 0 Å². The molecule has 0 radical (unpaired) electrons. The SMILES string of the molecule is CC12C/C(=C/O)C(=O)CC1CCC1C2CCC2(C)C1CC[C@]2(C)O. The number of carbonyl (C=O) groups excluding carboxylic acids is 1. The van der Waals surface area contributed by atoms with Crippen LogP contribution < -0.4 is 0 Å². The van der Waals surface area contributed by atoms with Crippen LogP contribution in [0, 0.1) is 34.5 Å². The molecule has 134 valence electrons. The van der Waals surface area contributed by atoms with Crippen molar-refractivity contribution in [2.45, 2.75) is 77.7 Å². The van der Waals surface area contributed by atoms with Gasteiger partial charge in [0.05, 0.1) is 11.9 Å². The summed E-state index contributed by atoms with van der Waals surface area (Å²) < 4.78 is 0. The lowest BCUT2D eigenvalue weighted by atomic mass is 9.44. The van der Waals surface area contributed by atoms with E-state index in [-0.39, 0.29) is 16.6 Å². The van der Waals surface area contributed by atoms with Crippen molar-refractivity contribution in [2.24, 2.45) is 34.5 Å². The molecule has 0 aromatic rings. The largest absolute Gasteiger partial charge is 0.515 e. The lowest BCUT2D eigenvalue weighted by molar-refractivity contribution is -0.147. The van der Waals surface area contributed by atoms with E-state index >= 15 is 0 Å². The van der Waals surface area contributed by atoms with Crippen LogP contribution in [0.5, 0.6) is 0 Å². The fourth-order valence-electron chi connectivity index (χ4n) is 7.37. The summed E-state index contributed by atoms with van der Waals surface area (Å²) >= 11 is 0. The molecule has 0 saturated heterocycles. The molecule has 0 aromatic carbocycles. The van der Waals surface area contributed by atoms with E-state index in [0.29, 0.717) is 35.7 Å². The molecule has 4 aliphatic carbocycles. The van der Waals surface area contributed by atoms with Gasteiger partial charge in [-0.25, -0.2) is 0 Å². The van der Waals surface area contributed by atoms with Crippen LogP contribution in [0.25, 0.3) is 0 Å².